The molecule has 7 heteroatoms. The Bertz CT molecular complexity index is 493. The van der Waals surface area contributed by atoms with Crippen LogP contribution in [0.25, 0.3) is 0 Å². The minimum Gasteiger partial charge on any atom is -0.480 e. The van der Waals surface area contributed by atoms with E-state index in [9.17, 15) is 9.59 Å². The van der Waals surface area contributed by atoms with Gasteiger partial charge in [0.05, 0.1) is 0 Å². The second-order valence-corrected chi connectivity index (χ2v) is 5.05. The third-order valence-corrected chi connectivity index (χ3v) is 3.27. The van der Waals surface area contributed by atoms with Crippen molar-refractivity contribution >= 4 is 35.1 Å². The van der Waals surface area contributed by atoms with E-state index >= 15 is 0 Å². The SMILES string of the molecule is O=C(CCc1ccc(Cl)cc1Cl)N[C@@H](CCO)C(=O)O. The quantitative estimate of drug-likeness (QED) is 0.716. The Hall–Kier alpha value is -1.30. The summed E-state index contributed by atoms with van der Waals surface area (Å²) in [5.41, 5.74) is 0.764. The first-order chi connectivity index (χ1) is 9.43. The molecule has 0 spiro atoms. The minimum atomic E-state index is -1.17. The van der Waals surface area contributed by atoms with Crippen molar-refractivity contribution in [3.8, 4) is 0 Å². The van der Waals surface area contributed by atoms with E-state index in [1.807, 2.05) is 0 Å². The standard InChI is InChI=1S/C13H15Cl2NO4/c14-9-3-1-8(10(15)7-9)2-4-12(18)16-11(5-6-17)13(19)20/h1,3,7,11,17H,2,4-6H2,(H,16,18)(H,19,20)/t11-/m0/s1. The van der Waals surface area contributed by atoms with Crippen LogP contribution in [0.5, 0.6) is 0 Å². The van der Waals surface area contributed by atoms with Crippen LogP contribution in [0.2, 0.25) is 10.0 Å². The maximum atomic E-state index is 11.7. The van der Waals surface area contributed by atoms with Gasteiger partial charge in [0.2, 0.25) is 5.91 Å². The van der Waals surface area contributed by atoms with Gasteiger partial charge in [-0.05, 0) is 24.1 Å². The molecule has 0 unspecified atom stereocenters. The normalized spacial score (nSPS) is 11.9. The van der Waals surface area contributed by atoms with Gasteiger partial charge < -0.3 is 15.5 Å². The molecule has 1 atom stereocenters. The number of aliphatic hydroxyl groups is 1. The van der Waals surface area contributed by atoms with Crippen molar-refractivity contribution in [1.82, 2.24) is 5.32 Å². The predicted molar refractivity (Wildman–Crippen MR) is 76.1 cm³/mol. The first-order valence-corrected chi connectivity index (χ1v) is 6.76. The number of carboxylic acids is 1. The van der Waals surface area contributed by atoms with E-state index in [1.54, 1.807) is 18.2 Å². The molecule has 0 heterocycles. The van der Waals surface area contributed by atoms with Gasteiger partial charge in [-0.25, -0.2) is 4.79 Å². The lowest BCUT2D eigenvalue weighted by atomic mass is 10.1. The summed E-state index contributed by atoms with van der Waals surface area (Å²) in [4.78, 5) is 22.5. The van der Waals surface area contributed by atoms with E-state index in [0.29, 0.717) is 16.5 Å². The minimum absolute atomic E-state index is 0.0250. The fourth-order valence-electron chi connectivity index (χ4n) is 1.63. The van der Waals surface area contributed by atoms with Crippen molar-refractivity contribution in [3.05, 3.63) is 33.8 Å². The van der Waals surface area contributed by atoms with E-state index in [2.05, 4.69) is 5.32 Å². The van der Waals surface area contributed by atoms with Crippen molar-refractivity contribution in [2.45, 2.75) is 25.3 Å². The molecule has 1 aromatic rings. The van der Waals surface area contributed by atoms with Gasteiger partial charge in [0.25, 0.3) is 0 Å². The number of aryl methyl sites for hydroxylation is 1. The Kier molecular flexibility index (Phi) is 6.78. The van der Waals surface area contributed by atoms with Crippen LogP contribution >= 0.6 is 23.2 Å². The van der Waals surface area contributed by atoms with Gasteiger partial charge in [-0.15, -0.1) is 0 Å². The lowest BCUT2D eigenvalue weighted by Crippen LogP contribution is -2.41. The number of rotatable bonds is 7. The highest BCUT2D eigenvalue weighted by Gasteiger charge is 2.19. The molecule has 1 aromatic carbocycles. The zero-order valence-electron chi connectivity index (χ0n) is 10.6. The summed E-state index contributed by atoms with van der Waals surface area (Å²) >= 11 is 11.7. The second kappa shape index (κ2) is 8.09. The zero-order chi connectivity index (χ0) is 15.1. The monoisotopic (exact) mass is 319 g/mol. The van der Waals surface area contributed by atoms with Crippen molar-refractivity contribution in [3.63, 3.8) is 0 Å². The molecule has 1 amide bonds. The summed E-state index contributed by atoms with van der Waals surface area (Å²) in [5, 5.41) is 20.9. The van der Waals surface area contributed by atoms with Crippen LogP contribution in [0.15, 0.2) is 18.2 Å². The molecular weight excluding hydrogens is 305 g/mol. The van der Waals surface area contributed by atoms with Gasteiger partial charge in [0.15, 0.2) is 0 Å². The van der Waals surface area contributed by atoms with Crippen LogP contribution in [-0.4, -0.2) is 34.7 Å². The highest BCUT2D eigenvalue weighted by molar-refractivity contribution is 6.35. The first kappa shape index (κ1) is 16.8. The molecule has 0 saturated carbocycles. The van der Waals surface area contributed by atoms with Crippen LogP contribution in [0, 0.1) is 0 Å². The van der Waals surface area contributed by atoms with Crippen LogP contribution < -0.4 is 5.32 Å². The molecule has 110 valence electrons. The van der Waals surface area contributed by atoms with Crippen LogP contribution in [0.1, 0.15) is 18.4 Å². The summed E-state index contributed by atoms with van der Waals surface area (Å²) in [6, 6.07) is 3.91. The molecule has 0 fully saturated rings. The summed E-state index contributed by atoms with van der Waals surface area (Å²) in [6.45, 7) is -0.305. The van der Waals surface area contributed by atoms with Crippen LogP contribution in [-0.2, 0) is 16.0 Å². The van der Waals surface area contributed by atoms with Gasteiger partial charge in [-0.1, -0.05) is 29.3 Å². The number of amides is 1. The van der Waals surface area contributed by atoms with E-state index in [-0.39, 0.29) is 19.4 Å². The number of carbonyl (C=O) groups is 2. The lowest BCUT2D eigenvalue weighted by molar-refractivity contribution is -0.142. The maximum absolute atomic E-state index is 11.7. The first-order valence-electron chi connectivity index (χ1n) is 6.01. The Morgan fingerprint density at radius 2 is 2.00 bits per heavy atom. The molecule has 0 aliphatic rings. The summed E-state index contributed by atoms with van der Waals surface area (Å²) in [7, 11) is 0. The number of halogens is 2. The van der Waals surface area contributed by atoms with E-state index in [4.69, 9.17) is 33.4 Å². The fourth-order valence-corrected chi connectivity index (χ4v) is 2.13. The molecule has 1 rings (SSSR count). The number of aliphatic hydroxyl groups excluding tert-OH is 1. The average Bonchev–Trinajstić information content (AvgIpc) is 2.37. The van der Waals surface area contributed by atoms with Crippen LogP contribution in [0.4, 0.5) is 0 Å². The summed E-state index contributed by atoms with van der Waals surface area (Å²) in [5.74, 6) is -1.58. The molecule has 3 N–H and O–H groups in total. The van der Waals surface area contributed by atoms with Gasteiger partial charge in [0.1, 0.15) is 6.04 Å². The van der Waals surface area contributed by atoms with Gasteiger partial charge >= 0.3 is 5.97 Å². The predicted octanol–water partition coefficient (Wildman–Crippen LogP) is 1.88. The maximum Gasteiger partial charge on any atom is 0.326 e. The average molecular weight is 320 g/mol. The molecule has 5 nitrogen and oxygen atoms in total. The second-order valence-electron chi connectivity index (χ2n) is 4.21. The topological polar surface area (TPSA) is 86.6 Å². The number of nitrogens with one attached hydrogen (secondary N) is 1. The molecular formula is C13H15Cl2NO4. The third-order valence-electron chi connectivity index (χ3n) is 2.69. The van der Waals surface area contributed by atoms with Crippen LogP contribution in [0.3, 0.4) is 0 Å². The van der Waals surface area contributed by atoms with E-state index in [1.165, 1.54) is 0 Å². The Morgan fingerprint density at radius 3 is 2.55 bits per heavy atom. The summed E-state index contributed by atoms with van der Waals surface area (Å²) in [6.07, 6.45) is 0.465. The molecule has 0 radical (unpaired) electrons. The van der Waals surface area contributed by atoms with Gasteiger partial charge in [-0.3, -0.25) is 4.79 Å². The van der Waals surface area contributed by atoms with Crippen molar-refractivity contribution in [2.75, 3.05) is 6.61 Å². The van der Waals surface area contributed by atoms with E-state index < -0.39 is 17.9 Å². The Balaban J connectivity index is 2.52. The number of carboxylic acid groups (broad SMARTS) is 1. The van der Waals surface area contributed by atoms with E-state index in [0.717, 1.165) is 5.56 Å². The van der Waals surface area contributed by atoms with Gasteiger partial charge in [-0.2, -0.15) is 0 Å². The third kappa shape index (κ3) is 5.36. The summed E-state index contributed by atoms with van der Waals surface area (Å²) < 4.78 is 0. The smallest absolute Gasteiger partial charge is 0.326 e. The molecule has 20 heavy (non-hydrogen) atoms. The number of carbonyl (C=O) groups excluding carboxylic acids is 1. The molecule has 0 aliphatic carbocycles. The number of aliphatic carboxylic acids is 1. The number of hydrogen-bond acceptors (Lipinski definition) is 3. The largest absolute Gasteiger partial charge is 0.480 e. The highest BCUT2D eigenvalue weighted by Crippen LogP contribution is 2.22. The molecule has 0 saturated heterocycles. The van der Waals surface area contributed by atoms with Crippen molar-refractivity contribution in [2.24, 2.45) is 0 Å². The number of hydrogen-bond donors (Lipinski definition) is 3. The van der Waals surface area contributed by atoms with Gasteiger partial charge in [0, 0.05) is 29.5 Å². The van der Waals surface area contributed by atoms with Crippen molar-refractivity contribution in [1.29, 1.82) is 0 Å². The Labute approximate surface area is 126 Å². The molecule has 0 aliphatic heterocycles. The highest BCUT2D eigenvalue weighted by atomic mass is 35.5. The Morgan fingerprint density at radius 1 is 1.30 bits per heavy atom. The lowest BCUT2D eigenvalue weighted by Gasteiger charge is -2.13. The fraction of sp³-hybridized carbons (Fsp3) is 0.385. The molecule has 0 aromatic heterocycles. The zero-order valence-corrected chi connectivity index (χ0v) is 12.1. The van der Waals surface area contributed by atoms with Crippen molar-refractivity contribution < 1.29 is 19.8 Å². The molecule has 0 bridgehead atoms. The number of benzene rings is 1.